The standard InChI is InChI=1S/C18H20N2O6/c1-3-6-13-16(18(23)26-4-2)11(9-10-15(21)22)12-7-5-8-14(20(24)25)17(12)19-13/h5,7-8H,3-4,6,9-10H2,1-2H3,(H,21,22). The van der Waals surface area contributed by atoms with Gasteiger partial charge < -0.3 is 9.84 Å². The Labute approximate surface area is 150 Å². The predicted molar refractivity (Wildman–Crippen MR) is 94.3 cm³/mol. The molecular weight excluding hydrogens is 340 g/mol. The van der Waals surface area contributed by atoms with Crippen LogP contribution in [0.15, 0.2) is 18.2 Å². The highest BCUT2D eigenvalue weighted by atomic mass is 16.6. The first-order valence-electron chi connectivity index (χ1n) is 8.38. The van der Waals surface area contributed by atoms with Gasteiger partial charge in [-0.15, -0.1) is 0 Å². The van der Waals surface area contributed by atoms with Gasteiger partial charge in [0, 0.05) is 17.9 Å². The molecule has 0 saturated carbocycles. The number of nitrogens with zero attached hydrogens (tertiary/aromatic N) is 2. The molecular formula is C18H20N2O6. The third kappa shape index (κ3) is 3.96. The first-order valence-corrected chi connectivity index (χ1v) is 8.38. The number of aliphatic carboxylic acids is 1. The van der Waals surface area contributed by atoms with Crippen molar-refractivity contribution in [2.45, 2.75) is 39.5 Å². The van der Waals surface area contributed by atoms with E-state index in [-0.39, 0.29) is 36.2 Å². The Morgan fingerprint density at radius 3 is 2.58 bits per heavy atom. The third-order valence-corrected chi connectivity index (χ3v) is 3.93. The fourth-order valence-corrected chi connectivity index (χ4v) is 2.89. The summed E-state index contributed by atoms with van der Waals surface area (Å²) >= 11 is 0. The summed E-state index contributed by atoms with van der Waals surface area (Å²) in [7, 11) is 0. The summed E-state index contributed by atoms with van der Waals surface area (Å²) in [4.78, 5) is 38.8. The van der Waals surface area contributed by atoms with Crippen LogP contribution in [-0.2, 0) is 22.4 Å². The number of aromatic nitrogens is 1. The number of pyridine rings is 1. The highest BCUT2D eigenvalue weighted by Gasteiger charge is 2.25. The normalized spacial score (nSPS) is 10.7. The minimum absolute atomic E-state index is 0.0559. The molecule has 0 saturated heterocycles. The second-order valence-corrected chi connectivity index (χ2v) is 5.71. The summed E-state index contributed by atoms with van der Waals surface area (Å²) in [6.45, 7) is 3.74. The minimum Gasteiger partial charge on any atom is -0.481 e. The van der Waals surface area contributed by atoms with Crippen molar-refractivity contribution in [1.82, 2.24) is 4.98 Å². The van der Waals surface area contributed by atoms with E-state index in [1.165, 1.54) is 12.1 Å². The Bertz CT molecular complexity index is 862. The van der Waals surface area contributed by atoms with Crippen LogP contribution >= 0.6 is 0 Å². The second-order valence-electron chi connectivity index (χ2n) is 5.71. The van der Waals surface area contributed by atoms with Crippen molar-refractivity contribution < 1.29 is 24.4 Å². The number of carbonyl (C=O) groups is 2. The number of non-ortho nitro benzene ring substituents is 1. The predicted octanol–water partition coefficient (Wildman–Crippen LogP) is 3.29. The van der Waals surface area contributed by atoms with Gasteiger partial charge in [0.1, 0.15) is 5.52 Å². The Kier molecular flexibility index (Phi) is 6.21. The van der Waals surface area contributed by atoms with E-state index in [1.54, 1.807) is 13.0 Å². The highest BCUT2D eigenvalue weighted by Crippen LogP contribution is 2.31. The van der Waals surface area contributed by atoms with Gasteiger partial charge in [-0.2, -0.15) is 0 Å². The van der Waals surface area contributed by atoms with Crippen LogP contribution in [0.25, 0.3) is 10.9 Å². The minimum atomic E-state index is -1.02. The molecule has 1 heterocycles. The fraction of sp³-hybridized carbons (Fsp3) is 0.389. The van der Waals surface area contributed by atoms with E-state index in [0.29, 0.717) is 29.5 Å². The Balaban J connectivity index is 2.84. The average Bonchev–Trinajstić information content (AvgIpc) is 2.58. The Hall–Kier alpha value is -3.03. The number of carbonyl (C=O) groups excluding carboxylic acids is 1. The zero-order chi connectivity index (χ0) is 19.3. The number of hydrogen-bond acceptors (Lipinski definition) is 6. The van der Waals surface area contributed by atoms with Crippen LogP contribution in [0.3, 0.4) is 0 Å². The van der Waals surface area contributed by atoms with Crippen LogP contribution in [0.5, 0.6) is 0 Å². The van der Waals surface area contributed by atoms with Crippen molar-refractivity contribution in [2.75, 3.05) is 6.61 Å². The Morgan fingerprint density at radius 2 is 2.00 bits per heavy atom. The number of nitro benzene ring substituents is 1. The number of rotatable bonds is 8. The number of fused-ring (bicyclic) bond motifs is 1. The van der Waals surface area contributed by atoms with E-state index in [4.69, 9.17) is 9.84 Å². The molecule has 0 radical (unpaired) electrons. The first-order chi connectivity index (χ1) is 12.4. The summed E-state index contributed by atoms with van der Waals surface area (Å²) < 4.78 is 5.13. The van der Waals surface area contributed by atoms with Gasteiger partial charge in [0.25, 0.3) is 5.69 Å². The van der Waals surface area contributed by atoms with E-state index in [2.05, 4.69) is 4.98 Å². The average molecular weight is 360 g/mol. The van der Waals surface area contributed by atoms with Gasteiger partial charge >= 0.3 is 11.9 Å². The number of benzene rings is 1. The topological polar surface area (TPSA) is 120 Å². The lowest BCUT2D eigenvalue weighted by Crippen LogP contribution is -2.15. The summed E-state index contributed by atoms with van der Waals surface area (Å²) in [5.74, 6) is -1.61. The van der Waals surface area contributed by atoms with Crippen LogP contribution in [-0.4, -0.2) is 33.6 Å². The van der Waals surface area contributed by atoms with Gasteiger partial charge in [0.2, 0.25) is 0 Å². The maximum absolute atomic E-state index is 12.5. The molecule has 0 atom stereocenters. The van der Waals surface area contributed by atoms with Gasteiger partial charge in [0.15, 0.2) is 0 Å². The van der Waals surface area contributed by atoms with Crippen LogP contribution < -0.4 is 0 Å². The molecule has 138 valence electrons. The molecule has 1 N–H and O–H groups in total. The van der Waals surface area contributed by atoms with Crippen molar-refractivity contribution in [1.29, 1.82) is 0 Å². The molecule has 8 nitrogen and oxygen atoms in total. The largest absolute Gasteiger partial charge is 0.481 e. The number of aryl methyl sites for hydroxylation is 2. The quantitative estimate of drug-likeness (QED) is 0.436. The zero-order valence-electron chi connectivity index (χ0n) is 14.7. The number of carboxylic acid groups (broad SMARTS) is 1. The smallest absolute Gasteiger partial charge is 0.340 e. The van der Waals surface area contributed by atoms with Crippen molar-refractivity contribution in [3.8, 4) is 0 Å². The van der Waals surface area contributed by atoms with E-state index in [0.717, 1.165) is 0 Å². The van der Waals surface area contributed by atoms with E-state index in [9.17, 15) is 19.7 Å². The molecule has 0 unspecified atom stereocenters. The molecule has 8 heteroatoms. The molecule has 2 aromatic rings. The monoisotopic (exact) mass is 360 g/mol. The van der Waals surface area contributed by atoms with Gasteiger partial charge in [-0.1, -0.05) is 25.5 Å². The number of ether oxygens (including phenoxy) is 1. The molecule has 0 aliphatic heterocycles. The summed E-state index contributed by atoms with van der Waals surface area (Å²) in [5.41, 5.74) is 1.04. The second kappa shape index (κ2) is 8.37. The van der Waals surface area contributed by atoms with Crippen LogP contribution in [0.1, 0.15) is 48.3 Å². The van der Waals surface area contributed by atoms with Crippen molar-refractivity contribution >= 4 is 28.5 Å². The number of para-hydroxylation sites is 1. The van der Waals surface area contributed by atoms with E-state index in [1.807, 2.05) is 6.92 Å². The SMILES string of the molecule is CCCc1nc2c([N+](=O)[O-])cccc2c(CCC(=O)O)c1C(=O)OCC. The summed E-state index contributed by atoms with van der Waals surface area (Å²) in [6.07, 6.45) is 0.945. The molecule has 0 fully saturated rings. The molecule has 0 amide bonds. The number of carboxylic acids is 1. The fourth-order valence-electron chi connectivity index (χ4n) is 2.89. The molecule has 0 aliphatic rings. The zero-order valence-corrected chi connectivity index (χ0v) is 14.7. The van der Waals surface area contributed by atoms with Crippen LogP contribution in [0.4, 0.5) is 5.69 Å². The van der Waals surface area contributed by atoms with E-state index >= 15 is 0 Å². The molecule has 26 heavy (non-hydrogen) atoms. The highest BCUT2D eigenvalue weighted by molar-refractivity contribution is 6.00. The molecule has 1 aromatic carbocycles. The van der Waals surface area contributed by atoms with Gasteiger partial charge in [-0.25, -0.2) is 9.78 Å². The van der Waals surface area contributed by atoms with Crippen LogP contribution in [0, 0.1) is 10.1 Å². The number of nitro groups is 1. The lowest BCUT2D eigenvalue weighted by molar-refractivity contribution is -0.383. The molecule has 0 spiro atoms. The van der Waals surface area contributed by atoms with Crippen LogP contribution in [0.2, 0.25) is 0 Å². The maximum Gasteiger partial charge on any atom is 0.340 e. The van der Waals surface area contributed by atoms with Crippen molar-refractivity contribution in [2.24, 2.45) is 0 Å². The Morgan fingerprint density at radius 1 is 1.27 bits per heavy atom. The lowest BCUT2D eigenvalue weighted by atomic mass is 9.94. The third-order valence-electron chi connectivity index (χ3n) is 3.93. The van der Waals surface area contributed by atoms with Crippen molar-refractivity contribution in [3.05, 3.63) is 45.1 Å². The van der Waals surface area contributed by atoms with Crippen molar-refractivity contribution in [3.63, 3.8) is 0 Å². The van der Waals surface area contributed by atoms with Gasteiger partial charge in [-0.05, 0) is 25.3 Å². The first kappa shape index (κ1) is 19.3. The lowest BCUT2D eigenvalue weighted by Gasteiger charge is -2.15. The summed E-state index contributed by atoms with van der Waals surface area (Å²) in [5, 5.41) is 20.8. The maximum atomic E-state index is 12.5. The molecule has 1 aromatic heterocycles. The summed E-state index contributed by atoms with van der Waals surface area (Å²) in [6, 6.07) is 4.46. The van der Waals surface area contributed by atoms with Gasteiger partial charge in [-0.3, -0.25) is 14.9 Å². The van der Waals surface area contributed by atoms with E-state index < -0.39 is 16.9 Å². The number of hydrogen-bond donors (Lipinski definition) is 1. The molecule has 0 aliphatic carbocycles. The van der Waals surface area contributed by atoms with Gasteiger partial charge in [0.05, 0.1) is 22.8 Å². The number of esters is 1. The molecule has 0 bridgehead atoms. The molecule has 2 rings (SSSR count).